The second-order valence-electron chi connectivity index (χ2n) is 5.59. The Balaban J connectivity index is 1.88. The molecule has 0 N–H and O–H groups in total. The number of carbonyl (C=O) groups is 1. The predicted octanol–water partition coefficient (Wildman–Crippen LogP) is 5.06. The number of anilines is 1. The lowest BCUT2D eigenvalue weighted by Gasteiger charge is -2.14. The Morgan fingerprint density at radius 1 is 1.15 bits per heavy atom. The number of thiocarbonyl (C=S) groups is 1. The van der Waals surface area contributed by atoms with E-state index in [-0.39, 0.29) is 5.91 Å². The van der Waals surface area contributed by atoms with Gasteiger partial charge in [0.1, 0.15) is 6.61 Å². The maximum Gasteiger partial charge on any atom is 0.270 e. The highest BCUT2D eigenvalue weighted by Gasteiger charge is 2.33. The number of para-hydroxylation sites is 1. The highest BCUT2D eigenvalue weighted by Crippen LogP contribution is 2.37. The standard InChI is InChI=1S/C21H19NO3S2/c1-3-12-25-17-11-10-15(13-18(17)24-4-2)14-19-20(23)22(21(26)27-19)16-8-6-5-7-9-16/h3,5-11,13-14H,1,4,12H2,2H3/b19-14+. The van der Waals surface area contributed by atoms with Gasteiger partial charge in [-0.1, -0.05) is 60.9 Å². The summed E-state index contributed by atoms with van der Waals surface area (Å²) in [6.45, 7) is 6.48. The van der Waals surface area contributed by atoms with Crippen molar-refractivity contribution in [2.75, 3.05) is 18.1 Å². The van der Waals surface area contributed by atoms with E-state index in [1.54, 1.807) is 11.0 Å². The first-order valence-electron chi connectivity index (χ1n) is 8.47. The zero-order valence-electron chi connectivity index (χ0n) is 14.9. The Kier molecular flexibility index (Phi) is 6.32. The van der Waals surface area contributed by atoms with Gasteiger partial charge in [0.05, 0.1) is 17.2 Å². The molecule has 1 heterocycles. The van der Waals surface area contributed by atoms with Gasteiger partial charge in [0.15, 0.2) is 15.8 Å². The van der Waals surface area contributed by atoms with E-state index in [0.29, 0.717) is 33.9 Å². The maximum absolute atomic E-state index is 12.8. The summed E-state index contributed by atoms with van der Waals surface area (Å²) in [4.78, 5) is 14.9. The van der Waals surface area contributed by atoms with Crippen LogP contribution in [0.1, 0.15) is 12.5 Å². The Morgan fingerprint density at radius 2 is 1.93 bits per heavy atom. The fraction of sp³-hybridized carbons (Fsp3) is 0.143. The SMILES string of the molecule is C=CCOc1ccc(/C=C2/SC(=S)N(c3ccccc3)C2=O)cc1OCC. The second kappa shape index (κ2) is 8.88. The van der Waals surface area contributed by atoms with Crippen LogP contribution in [0.2, 0.25) is 0 Å². The van der Waals surface area contributed by atoms with Crippen LogP contribution in [0.3, 0.4) is 0 Å². The van der Waals surface area contributed by atoms with Crippen molar-refractivity contribution in [2.45, 2.75) is 6.92 Å². The Hall–Kier alpha value is -2.57. The summed E-state index contributed by atoms with van der Waals surface area (Å²) in [7, 11) is 0. The lowest BCUT2D eigenvalue weighted by Crippen LogP contribution is -2.27. The van der Waals surface area contributed by atoms with Gasteiger partial charge in [0.2, 0.25) is 0 Å². The molecule has 3 rings (SSSR count). The van der Waals surface area contributed by atoms with Gasteiger partial charge in [-0.15, -0.1) is 0 Å². The van der Waals surface area contributed by atoms with Crippen LogP contribution in [0.25, 0.3) is 6.08 Å². The molecule has 0 aromatic heterocycles. The monoisotopic (exact) mass is 397 g/mol. The van der Waals surface area contributed by atoms with Crippen molar-refractivity contribution in [1.82, 2.24) is 0 Å². The van der Waals surface area contributed by atoms with Gasteiger partial charge >= 0.3 is 0 Å². The van der Waals surface area contributed by atoms with E-state index >= 15 is 0 Å². The van der Waals surface area contributed by atoms with Crippen molar-refractivity contribution in [3.63, 3.8) is 0 Å². The van der Waals surface area contributed by atoms with Crippen LogP contribution in [-0.4, -0.2) is 23.4 Å². The fourth-order valence-corrected chi connectivity index (χ4v) is 3.87. The molecule has 1 aliphatic heterocycles. The van der Waals surface area contributed by atoms with E-state index in [1.165, 1.54) is 11.8 Å². The van der Waals surface area contributed by atoms with Crippen molar-refractivity contribution in [2.24, 2.45) is 0 Å². The van der Waals surface area contributed by atoms with Crippen molar-refractivity contribution >= 4 is 46.0 Å². The molecular formula is C21H19NO3S2. The van der Waals surface area contributed by atoms with E-state index in [9.17, 15) is 4.79 Å². The van der Waals surface area contributed by atoms with Crippen molar-refractivity contribution in [1.29, 1.82) is 0 Å². The molecule has 6 heteroatoms. The number of carbonyl (C=O) groups excluding carboxylic acids is 1. The Morgan fingerprint density at radius 3 is 2.63 bits per heavy atom. The summed E-state index contributed by atoms with van der Waals surface area (Å²) in [5.74, 6) is 1.15. The number of hydrogen-bond acceptors (Lipinski definition) is 5. The quantitative estimate of drug-likeness (QED) is 0.371. The largest absolute Gasteiger partial charge is 0.490 e. The molecular weight excluding hydrogens is 378 g/mol. The van der Waals surface area contributed by atoms with Gasteiger partial charge in [-0.05, 0) is 42.8 Å². The summed E-state index contributed by atoms with van der Waals surface area (Å²) in [6, 6.07) is 15.0. The fourth-order valence-electron chi connectivity index (χ4n) is 2.57. The average molecular weight is 398 g/mol. The molecule has 0 spiro atoms. The van der Waals surface area contributed by atoms with Gasteiger partial charge in [-0.3, -0.25) is 9.69 Å². The van der Waals surface area contributed by atoms with Gasteiger partial charge in [-0.25, -0.2) is 0 Å². The second-order valence-corrected chi connectivity index (χ2v) is 7.27. The summed E-state index contributed by atoms with van der Waals surface area (Å²) >= 11 is 6.69. The molecule has 1 saturated heterocycles. The zero-order valence-corrected chi connectivity index (χ0v) is 16.5. The number of rotatable bonds is 7. The molecule has 0 aliphatic carbocycles. The normalized spacial score (nSPS) is 15.3. The van der Waals surface area contributed by atoms with E-state index in [0.717, 1.165) is 11.3 Å². The van der Waals surface area contributed by atoms with Crippen LogP contribution in [0, 0.1) is 0 Å². The van der Waals surface area contributed by atoms with Crippen molar-refractivity contribution < 1.29 is 14.3 Å². The van der Waals surface area contributed by atoms with Crippen molar-refractivity contribution in [3.8, 4) is 11.5 Å². The van der Waals surface area contributed by atoms with Crippen LogP contribution in [0.5, 0.6) is 11.5 Å². The van der Waals surface area contributed by atoms with Gasteiger partial charge in [-0.2, -0.15) is 0 Å². The van der Waals surface area contributed by atoms with E-state index < -0.39 is 0 Å². The minimum absolute atomic E-state index is 0.124. The van der Waals surface area contributed by atoms with Crippen LogP contribution in [0.15, 0.2) is 66.1 Å². The molecule has 27 heavy (non-hydrogen) atoms. The smallest absolute Gasteiger partial charge is 0.270 e. The molecule has 1 fully saturated rings. The lowest BCUT2D eigenvalue weighted by atomic mass is 10.1. The van der Waals surface area contributed by atoms with E-state index in [4.69, 9.17) is 21.7 Å². The Bertz CT molecular complexity index is 894. The molecule has 2 aromatic carbocycles. The number of amides is 1. The van der Waals surface area contributed by atoms with Gasteiger partial charge < -0.3 is 9.47 Å². The first kappa shape index (κ1) is 19.2. The molecule has 1 amide bonds. The minimum Gasteiger partial charge on any atom is -0.490 e. The van der Waals surface area contributed by atoms with Crippen molar-refractivity contribution in [3.05, 3.63) is 71.7 Å². The van der Waals surface area contributed by atoms with Gasteiger partial charge in [0, 0.05) is 0 Å². The molecule has 138 valence electrons. The molecule has 0 radical (unpaired) electrons. The first-order chi connectivity index (χ1) is 13.1. The van der Waals surface area contributed by atoms with E-state index in [2.05, 4.69) is 6.58 Å². The minimum atomic E-state index is -0.124. The molecule has 0 saturated carbocycles. The number of ether oxygens (including phenoxy) is 2. The lowest BCUT2D eigenvalue weighted by molar-refractivity contribution is -0.113. The molecule has 1 aliphatic rings. The third-order valence-electron chi connectivity index (χ3n) is 3.73. The highest BCUT2D eigenvalue weighted by atomic mass is 32.2. The summed E-state index contributed by atoms with van der Waals surface area (Å²) in [6.07, 6.45) is 3.50. The summed E-state index contributed by atoms with van der Waals surface area (Å²) in [5.41, 5.74) is 1.62. The number of nitrogens with zero attached hydrogens (tertiary/aromatic N) is 1. The Labute approximate surface area is 168 Å². The molecule has 2 aromatic rings. The maximum atomic E-state index is 12.8. The summed E-state index contributed by atoms with van der Waals surface area (Å²) < 4.78 is 11.8. The van der Waals surface area contributed by atoms with Crippen LogP contribution >= 0.6 is 24.0 Å². The third kappa shape index (κ3) is 4.40. The van der Waals surface area contributed by atoms with Gasteiger partial charge in [0.25, 0.3) is 5.91 Å². The summed E-state index contributed by atoms with van der Waals surface area (Å²) in [5, 5.41) is 0. The first-order valence-corrected chi connectivity index (χ1v) is 9.70. The number of benzene rings is 2. The molecule has 0 unspecified atom stereocenters. The predicted molar refractivity (Wildman–Crippen MR) is 115 cm³/mol. The molecule has 0 atom stereocenters. The van der Waals surface area contributed by atoms with E-state index in [1.807, 2.05) is 61.5 Å². The topological polar surface area (TPSA) is 38.8 Å². The molecule has 0 bridgehead atoms. The van der Waals surface area contributed by atoms with Crippen LogP contribution in [-0.2, 0) is 4.79 Å². The number of hydrogen-bond donors (Lipinski definition) is 0. The number of thioether (sulfide) groups is 1. The zero-order chi connectivity index (χ0) is 19.2. The third-order valence-corrected chi connectivity index (χ3v) is 5.03. The van der Waals surface area contributed by atoms with Crippen LogP contribution in [0.4, 0.5) is 5.69 Å². The average Bonchev–Trinajstić information content (AvgIpc) is 2.95. The highest BCUT2D eigenvalue weighted by molar-refractivity contribution is 8.27. The molecule has 4 nitrogen and oxygen atoms in total. The van der Waals surface area contributed by atoms with Crippen LogP contribution < -0.4 is 14.4 Å².